The van der Waals surface area contributed by atoms with E-state index in [2.05, 4.69) is 0 Å². The van der Waals surface area contributed by atoms with Crippen LogP contribution in [0.25, 0.3) is 0 Å². The molecule has 0 spiro atoms. The van der Waals surface area contributed by atoms with Crippen molar-refractivity contribution in [2.75, 3.05) is 19.6 Å². The van der Waals surface area contributed by atoms with Gasteiger partial charge in [0.15, 0.2) is 0 Å². The van der Waals surface area contributed by atoms with Crippen molar-refractivity contribution in [3.8, 4) is 0 Å². The number of halogens is 1. The average Bonchev–Trinajstić information content (AvgIpc) is 2.38. The number of sulfonamides is 1. The van der Waals surface area contributed by atoms with E-state index in [-0.39, 0.29) is 24.5 Å². The van der Waals surface area contributed by atoms with E-state index in [1.54, 1.807) is 0 Å². The lowest BCUT2D eigenvalue weighted by Crippen LogP contribution is -2.53. The van der Waals surface area contributed by atoms with Gasteiger partial charge in [-0.2, -0.15) is 4.31 Å². The van der Waals surface area contributed by atoms with Crippen LogP contribution in [0, 0.1) is 5.82 Å². The summed E-state index contributed by atoms with van der Waals surface area (Å²) < 4.78 is 38.3. The van der Waals surface area contributed by atoms with E-state index in [9.17, 15) is 22.4 Å². The molecular weight excluding hydrogens is 287 g/mol. The Bertz CT molecular complexity index is 642. The molecule has 0 saturated carbocycles. The zero-order valence-corrected chi connectivity index (χ0v) is 11.6. The molecule has 1 aliphatic heterocycles. The Morgan fingerprint density at radius 2 is 1.80 bits per heavy atom. The van der Waals surface area contributed by atoms with Crippen LogP contribution in [0.15, 0.2) is 29.2 Å². The fourth-order valence-corrected chi connectivity index (χ4v) is 3.33. The molecule has 0 bridgehead atoms. The van der Waals surface area contributed by atoms with Crippen LogP contribution < -0.4 is 0 Å². The van der Waals surface area contributed by atoms with E-state index in [1.807, 2.05) is 0 Å². The third-order valence-corrected chi connectivity index (χ3v) is 4.88. The number of hydrogen-bond donors (Lipinski definition) is 0. The third-order valence-electron chi connectivity index (χ3n) is 3.02. The van der Waals surface area contributed by atoms with Gasteiger partial charge < -0.3 is 0 Å². The van der Waals surface area contributed by atoms with Gasteiger partial charge in [0.1, 0.15) is 5.82 Å². The van der Waals surface area contributed by atoms with E-state index >= 15 is 0 Å². The molecule has 108 valence electrons. The van der Waals surface area contributed by atoms with Crippen LogP contribution in [0.3, 0.4) is 0 Å². The van der Waals surface area contributed by atoms with Crippen LogP contribution >= 0.6 is 0 Å². The van der Waals surface area contributed by atoms with E-state index in [4.69, 9.17) is 0 Å². The number of rotatable bonds is 2. The SMILES string of the molecule is CC(=O)N1CCN(S(=O)(=O)c2ccc(F)cc2)CC1=O. The average molecular weight is 300 g/mol. The monoisotopic (exact) mass is 300 g/mol. The number of benzene rings is 1. The van der Waals surface area contributed by atoms with Crippen molar-refractivity contribution >= 4 is 21.8 Å². The zero-order chi connectivity index (χ0) is 14.9. The molecule has 8 heteroatoms. The first-order chi connectivity index (χ1) is 9.32. The molecule has 0 unspecified atom stereocenters. The van der Waals surface area contributed by atoms with Crippen LogP contribution in [0.1, 0.15) is 6.92 Å². The van der Waals surface area contributed by atoms with Gasteiger partial charge >= 0.3 is 0 Å². The van der Waals surface area contributed by atoms with Gasteiger partial charge in [0, 0.05) is 20.0 Å². The highest BCUT2D eigenvalue weighted by Gasteiger charge is 2.34. The molecule has 0 aromatic heterocycles. The number of carbonyl (C=O) groups excluding carboxylic acids is 2. The summed E-state index contributed by atoms with van der Waals surface area (Å²) in [6.07, 6.45) is 0. The fourth-order valence-electron chi connectivity index (χ4n) is 1.95. The number of piperazine rings is 1. The molecule has 1 aromatic carbocycles. The first kappa shape index (κ1) is 14.6. The molecule has 1 aliphatic rings. The summed E-state index contributed by atoms with van der Waals surface area (Å²) in [6, 6.07) is 4.38. The number of amides is 2. The molecule has 2 amide bonds. The summed E-state index contributed by atoms with van der Waals surface area (Å²) in [4.78, 5) is 23.8. The maximum Gasteiger partial charge on any atom is 0.244 e. The Hall–Kier alpha value is -1.80. The van der Waals surface area contributed by atoms with Gasteiger partial charge in [-0.25, -0.2) is 12.8 Å². The molecule has 1 fully saturated rings. The summed E-state index contributed by atoms with van der Waals surface area (Å²) >= 11 is 0. The number of imide groups is 1. The van der Waals surface area contributed by atoms with Gasteiger partial charge in [-0.05, 0) is 24.3 Å². The predicted octanol–water partition coefficient (Wildman–Crippen LogP) is 0.205. The van der Waals surface area contributed by atoms with Crippen molar-refractivity contribution in [1.82, 2.24) is 9.21 Å². The molecule has 20 heavy (non-hydrogen) atoms. The second-order valence-electron chi connectivity index (χ2n) is 4.36. The van der Waals surface area contributed by atoms with Crippen molar-refractivity contribution in [3.05, 3.63) is 30.1 Å². The van der Waals surface area contributed by atoms with E-state index in [0.717, 1.165) is 33.5 Å². The Kier molecular flexibility index (Phi) is 3.87. The molecule has 1 saturated heterocycles. The highest BCUT2D eigenvalue weighted by Crippen LogP contribution is 2.18. The van der Waals surface area contributed by atoms with E-state index < -0.39 is 27.7 Å². The molecule has 1 aromatic rings. The first-order valence-electron chi connectivity index (χ1n) is 5.89. The Morgan fingerprint density at radius 1 is 1.20 bits per heavy atom. The highest BCUT2D eigenvalue weighted by atomic mass is 32.2. The standard InChI is InChI=1S/C12H13FN2O4S/c1-9(16)15-7-6-14(8-12(15)17)20(18,19)11-4-2-10(13)3-5-11/h2-5H,6-8H2,1H3. The van der Waals surface area contributed by atoms with Crippen molar-refractivity contribution in [1.29, 1.82) is 0 Å². The van der Waals surface area contributed by atoms with Crippen molar-refractivity contribution in [3.63, 3.8) is 0 Å². The molecule has 0 aliphatic carbocycles. The third kappa shape index (κ3) is 2.70. The number of nitrogens with zero attached hydrogens (tertiary/aromatic N) is 2. The molecule has 0 radical (unpaired) electrons. The molecule has 1 heterocycles. The predicted molar refractivity (Wildman–Crippen MR) is 67.6 cm³/mol. The number of carbonyl (C=O) groups is 2. The highest BCUT2D eigenvalue weighted by molar-refractivity contribution is 7.89. The summed E-state index contributed by atoms with van der Waals surface area (Å²) in [6.45, 7) is 0.918. The van der Waals surface area contributed by atoms with Gasteiger partial charge in [-0.3, -0.25) is 14.5 Å². The van der Waals surface area contributed by atoms with Gasteiger partial charge in [-0.1, -0.05) is 0 Å². The van der Waals surface area contributed by atoms with Gasteiger partial charge in [0.2, 0.25) is 21.8 Å². The maximum atomic E-state index is 12.8. The Labute approximate surface area is 115 Å². The molecular formula is C12H13FN2O4S. The topological polar surface area (TPSA) is 74.8 Å². The minimum atomic E-state index is -3.85. The number of hydrogen-bond acceptors (Lipinski definition) is 4. The molecule has 0 atom stereocenters. The summed E-state index contributed by atoms with van der Waals surface area (Å²) in [5.74, 6) is -1.51. The molecule has 6 nitrogen and oxygen atoms in total. The fraction of sp³-hybridized carbons (Fsp3) is 0.333. The van der Waals surface area contributed by atoms with E-state index in [1.165, 1.54) is 6.92 Å². The van der Waals surface area contributed by atoms with E-state index in [0.29, 0.717) is 0 Å². The van der Waals surface area contributed by atoms with Crippen molar-refractivity contribution in [2.45, 2.75) is 11.8 Å². The first-order valence-corrected chi connectivity index (χ1v) is 7.33. The lowest BCUT2D eigenvalue weighted by Gasteiger charge is -2.31. The maximum absolute atomic E-state index is 12.8. The summed E-state index contributed by atoms with van der Waals surface area (Å²) in [5, 5.41) is 0. The summed E-state index contributed by atoms with van der Waals surface area (Å²) in [7, 11) is -3.85. The summed E-state index contributed by atoms with van der Waals surface area (Å²) in [5.41, 5.74) is 0. The van der Waals surface area contributed by atoms with Gasteiger partial charge in [-0.15, -0.1) is 0 Å². The van der Waals surface area contributed by atoms with Crippen LogP contribution in [0.4, 0.5) is 4.39 Å². The van der Waals surface area contributed by atoms with Crippen molar-refractivity contribution < 1.29 is 22.4 Å². The Morgan fingerprint density at radius 3 is 2.30 bits per heavy atom. The van der Waals surface area contributed by atoms with Crippen LogP contribution in [-0.4, -0.2) is 49.1 Å². The van der Waals surface area contributed by atoms with Crippen LogP contribution in [0.2, 0.25) is 0 Å². The Balaban J connectivity index is 2.22. The minimum absolute atomic E-state index is 0.0224. The quantitative estimate of drug-likeness (QED) is 0.782. The van der Waals surface area contributed by atoms with Crippen LogP contribution in [0.5, 0.6) is 0 Å². The second kappa shape index (κ2) is 5.29. The minimum Gasteiger partial charge on any atom is -0.280 e. The normalized spacial score (nSPS) is 17.3. The lowest BCUT2D eigenvalue weighted by atomic mass is 10.3. The molecule has 0 N–H and O–H groups in total. The lowest BCUT2D eigenvalue weighted by molar-refractivity contribution is -0.145. The zero-order valence-electron chi connectivity index (χ0n) is 10.7. The second-order valence-corrected chi connectivity index (χ2v) is 6.29. The van der Waals surface area contributed by atoms with Crippen LogP contribution in [-0.2, 0) is 19.6 Å². The van der Waals surface area contributed by atoms with Gasteiger partial charge in [0.05, 0.1) is 11.4 Å². The smallest absolute Gasteiger partial charge is 0.244 e. The van der Waals surface area contributed by atoms with Crippen molar-refractivity contribution in [2.24, 2.45) is 0 Å². The van der Waals surface area contributed by atoms with Gasteiger partial charge in [0.25, 0.3) is 0 Å². The largest absolute Gasteiger partial charge is 0.280 e. The molecule has 2 rings (SSSR count).